The van der Waals surface area contributed by atoms with E-state index in [0.717, 1.165) is 66.9 Å². The maximum Gasteiger partial charge on any atom is 0.416 e. The van der Waals surface area contributed by atoms with Crippen molar-refractivity contribution in [1.82, 2.24) is 41.3 Å². The highest BCUT2D eigenvalue weighted by Crippen LogP contribution is 2.39. The van der Waals surface area contributed by atoms with E-state index < -0.39 is 35.3 Å². The lowest BCUT2D eigenvalue weighted by Gasteiger charge is -2.28. The van der Waals surface area contributed by atoms with Gasteiger partial charge in [-0.05, 0) is 153 Å². The van der Waals surface area contributed by atoms with Crippen LogP contribution in [0.1, 0.15) is 109 Å². The Morgan fingerprint density at radius 2 is 1.18 bits per heavy atom. The van der Waals surface area contributed by atoms with Gasteiger partial charge in [-0.1, -0.05) is 32.4 Å². The van der Waals surface area contributed by atoms with Crippen molar-refractivity contribution in [1.29, 1.82) is 0 Å². The van der Waals surface area contributed by atoms with Crippen LogP contribution in [0.2, 0.25) is 0 Å². The van der Waals surface area contributed by atoms with Gasteiger partial charge < -0.3 is 25.4 Å². The molecule has 5 N–H and O–H groups in total. The van der Waals surface area contributed by atoms with E-state index in [1.807, 2.05) is 59.4 Å². The first-order valence-electron chi connectivity index (χ1n) is 27.3. The molecule has 3 aliphatic rings. The second-order valence-corrected chi connectivity index (χ2v) is 21.4. The lowest BCUT2D eigenvalue weighted by atomic mass is 9.99. The molecule has 1 fully saturated rings. The lowest BCUT2D eigenvalue weighted by Crippen LogP contribution is -2.38. The van der Waals surface area contributed by atoms with Crippen LogP contribution in [0.15, 0.2) is 110 Å². The Hall–Kier alpha value is -8.18. The van der Waals surface area contributed by atoms with E-state index >= 15 is 0 Å². The molecular weight excluding hydrogens is 1080 g/mol. The summed E-state index contributed by atoms with van der Waals surface area (Å²) in [6, 6.07) is 19.0. The standard InChI is InChI=1S/C61H68F6N12O4/c1-37(2)28-68-29-44-20-48(26-52(39(44)4)60(62,63)64)71-59(81)43-15-14-41(55(25-43)79-36-57(76(7)74-79)45-22-50(82-8)32-69-30-45)16-19-83-51-23-46(31-70-33-51)56-35-78(73-75(56)6)54-24-42(13-12-38(54)3)58(80)72-49-21-47(34-77-17-10-9-11-18-77)40(5)53(27-49)61(65,66)67/h12-15,20-27,30-33,35-37,68,73-74H,9-11,16-19,28-29,34H2,1-8H3,(H,71,81)(H,72,80). The predicted octanol–water partition coefficient (Wildman–Crippen LogP) is 11.6. The second kappa shape index (κ2) is 25.1. The van der Waals surface area contributed by atoms with Gasteiger partial charge in [0, 0.05) is 92.0 Å². The predicted molar refractivity (Wildman–Crippen MR) is 308 cm³/mol. The van der Waals surface area contributed by atoms with Crippen LogP contribution < -0.4 is 46.5 Å². The Morgan fingerprint density at radius 3 is 1.76 bits per heavy atom. The molecule has 0 spiro atoms. The molecule has 9 rings (SSSR count). The third-order valence-electron chi connectivity index (χ3n) is 14.8. The average Bonchev–Trinajstić information content (AvgIpc) is 4.09. The van der Waals surface area contributed by atoms with Crippen LogP contribution in [-0.4, -0.2) is 84.1 Å². The summed E-state index contributed by atoms with van der Waals surface area (Å²) in [7, 11) is 5.18. The van der Waals surface area contributed by atoms with Crippen LogP contribution in [0.5, 0.6) is 11.5 Å². The molecule has 0 bridgehead atoms. The van der Waals surface area contributed by atoms with Gasteiger partial charge in [0.2, 0.25) is 0 Å². The van der Waals surface area contributed by atoms with Crippen LogP contribution >= 0.6 is 0 Å². The van der Waals surface area contributed by atoms with Crippen LogP contribution in [0.4, 0.5) is 49.1 Å². The molecule has 0 unspecified atom stereocenters. The number of anilines is 4. The molecule has 0 atom stereocenters. The first-order valence-corrected chi connectivity index (χ1v) is 27.3. The number of alkyl halides is 6. The van der Waals surface area contributed by atoms with Gasteiger partial charge >= 0.3 is 12.4 Å². The van der Waals surface area contributed by atoms with Gasteiger partial charge in [0.25, 0.3) is 11.8 Å². The van der Waals surface area contributed by atoms with Crippen LogP contribution in [0, 0.1) is 26.7 Å². The number of amides is 2. The van der Waals surface area contributed by atoms with E-state index in [1.165, 1.54) is 13.8 Å². The number of halogens is 6. The number of methoxy groups -OCH3 is 1. The van der Waals surface area contributed by atoms with Crippen molar-refractivity contribution in [3.8, 4) is 11.5 Å². The highest BCUT2D eigenvalue weighted by atomic mass is 19.4. The number of nitrogens with zero attached hydrogens (tertiary/aromatic N) is 7. The monoisotopic (exact) mass is 1150 g/mol. The normalized spacial score (nSPS) is 15.0. The van der Waals surface area contributed by atoms with Crippen molar-refractivity contribution >= 4 is 46.0 Å². The number of benzene rings is 4. The minimum Gasteiger partial charge on any atom is -0.495 e. The molecule has 1 saturated heterocycles. The van der Waals surface area contributed by atoms with Gasteiger partial charge in [0.1, 0.15) is 11.5 Å². The first kappa shape index (κ1) is 59.4. The molecule has 6 aromatic rings. The maximum atomic E-state index is 14.4. The van der Waals surface area contributed by atoms with Crippen LogP contribution in [0.3, 0.4) is 0 Å². The third-order valence-corrected chi connectivity index (χ3v) is 14.8. The molecule has 2 amide bonds. The second-order valence-electron chi connectivity index (χ2n) is 21.4. The fourth-order valence-electron chi connectivity index (χ4n) is 10.3. The minimum absolute atomic E-state index is 0.00870. The van der Waals surface area contributed by atoms with Crippen molar-refractivity contribution in [3.05, 3.63) is 177 Å². The quantitative estimate of drug-likeness (QED) is 0.0489. The number of aromatic nitrogens is 2. The van der Waals surface area contributed by atoms with Crippen molar-refractivity contribution in [3.63, 3.8) is 0 Å². The molecule has 16 nitrogen and oxygen atoms in total. The van der Waals surface area contributed by atoms with Gasteiger partial charge in [-0.2, -0.15) is 26.3 Å². The number of hydrogen-bond acceptors (Lipinski definition) is 14. The zero-order valence-electron chi connectivity index (χ0n) is 47.6. The Bertz CT molecular complexity index is 3440. The van der Waals surface area contributed by atoms with Crippen LogP contribution in [-0.2, 0) is 31.9 Å². The van der Waals surface area contributed by atoms with Gasteiger partial charge in [-0.25, -0.2) is 0 Å². The zero-order chi connectivity index (χ0) is 59.3. The SMILES string of the molecule is COc1cncc(C2=CN(c3cc(C(=O)Nc4cc(CNCC(C)C)c(C)c(C(F)(F)F)c4)ccc3CCOc3cncc(C4=CN(c5cc(C(=O)Nc6cc(CN7CCCCC7)c(C)c(C(F)(F)F)c6)ccc5C)NN4C)c3)NN2C)c1. The number of rotatable bonds is 19. The van der Waals surface area contributed by atoms with Crippen LogP contribution in [0.25, 0.3) is 11.4 Å². The third kappa shape index (κ3) is 14.2. The summed E-state index contributed by atoms with van der Waals surface area (Å²) >= 11 is 0. The van der Waals surface area contributed by atoms with Crippen molar-refractivity contribution in [2.24, 2.45) is 5.92 Å². The summed E-state index contributed by atoms with van der Waals surface area (Å²) in [6.07, 6.45) is 4.36. The minimum atomic E-state index is -4.65. The van der Waals surface area contributed by atoms with E-state index in [1.54, 1.807) is 100 Å². The Balaban J connectivity index is 0.926. The summed E-state index contributed by atoms with van der Waals surface area (Å²) in [5.74, 6) is 0.102. The smallest absolute Gasteiger partial charge is 0.416 e. The largest absolute Gasteiger partial charge is 0.495 e. The van der Waals surface area contributed by atoms with Gasteiger partial charge in [-0.15, -0.1) is 11.1 Å². The van der Waals surface area contributed by atoms with Crippen molar-refractivity contribution in [2.75, 3.05) is 68.1 Å². The number of piperidine rings is 1. The Labute approximate surface area is 479 Å². The van der Waals surface area contributed by atoms with Gasteiger partial charge in [0.05, 0.1) is 60.0 Å². The lowest BCUT2D eigenvalue weighted by molar-refractivity contribution is -0.138. The van der Waals surface area contributed by atoms with Crippen molar-refractivity contribution in [2.45, 2.75) is 85.7 Å². The number of carbonyl (C=O) groups excluding carboxylic acids is 2. The molecule has 83 heavy (non-hydrogen) atoms. The number of carbonyl (C=O) groups is 2. The summed E-state index contributed by atoms with van der Waals surface area (Å²) in [5, 5.41) is 15.7. The van der Waals surface area contributed by atoms with E-state index in [9.17, 15) is 35.9 Å². The first-order chi connectivity index (χ1) is 39.5. The molecule has 0 radical (unpaired) electrons. The molecule has 3 aliphatic heterocycles. The van der Waals surface area contributed by atoms with E-state index in [-0.39, 0.29) is 52.7 Å². The van der Waals surface area contributed by atoms with E-state index in [2.05, 4.69) is 41.9 Å². The molecule has 2 aromatic heterocycles. The molecule has 5 heterocycles. The fraction of sp³-hybridized carbons (Fsp3) is 0.344. The number of pyridine rings is 2. The number of hydrazine groups is 4. The van der Waals surface area contributed by atoms with E-state index in [0.29, 0.717) is 64.8 Å². The molecule has 0 saturated carbocycles. The zero-order valence-corrected chi connectivity index (χ0v) is 47.6. The summed E-state index contributed by atoms with van der Waals surface area (Å²) < 4.78 is 97.9. The Morgan fingerprint density at radius 1 is 0.651 bits per heavy atom. The van der Waals surface area contributed by atoms with E-state index in [4.69, 9.17) is 9.47 Å². The molecule has 22 heteroatoms. The van der Waals surface area contributed by atoms with Gasteiger partial charge in [0.15, 0.2) is 0 Å². The number of ether oxygens (including phenoxy) is 2. The maximum absolute atomic E-state index is 14.4. The summed E-state index contributed by atoms with van der Waals surface area (Å²) in [4.78, 5) is 38.8. The number of aryl methyl sites for hydroxylation is 1. The number of nitrogens with one attached hydrogen (secondary N) is 5. The average molecular weight is 1150 g/mol. The molecular formula is C61H68F6N12O4. The highest BCUT2D eigenvalue weighted by molar-refractivity contribution is 6.06. The Kier molecular flexibility index (Phi) is 18.0. The summed E-state index contributed by atoms with van der Waals surface area (Å²) in [5.41, 5.74) is 12.2. The number of hydrogen-bond donors (Lipinski definition) is 5. The topological polar surface area (TPSA) is 155 Å². The number of likely N-dealkylation sites (tertiary alicyclic amines) is 1. The molecule has 0 aliphatic carbocycles. The highest BCUT2D eigenvalue weighted by Gasteiger charge is 2.36. The van der Waals surface area contributed by atoms with Crippen molar-refractivity contribution < 1.29 is 45.4 Å². The molecule has 4 aromatic carbocycles. The fourth-order valence-corrected chi connectivity index (χ4v) is 10.3. The summed E-state index contributed by atoms with van der Waals surface area (Å²) in [6.45, 7) is 11.7. The molecule has 438 valence electrons. The van der Waals surface area contributed by atoms with Gasteiger partial charge in [-0.3, -0.25) is 44.5 Å².